The summed E-state index contributed by atoms with van der Waals surface area (Å²) in [6.45, 7) is -0.0299. The molecule has 1 aromatic heterocycles. The van der Waals surface area contributed by atoms with Crippen molar-refractivity contribution in [2.24, 2.45) is 0 Å². The van der Waals surface area contributed by atoms with Gasteiger partial charge in [-0.3, -0.25) is 14.5 Å². The average molecular weight is 452 g/mol. The molecule has 1 aliphatic heterocycles. The lowest BCUT2D eigenvalue weighted by molar-refractivity contribution is -0.121. The summed E-state index contributed by atoms with van der Waals surface area (Å²) in [5.74, 6) is -1.24. The van der Waals surface area contributed by atoms with Gasteiger partial charge in [0.1, 0.15) is 12.3 Å². The number of furan rings is 1. The highest BCUT2D eigenvalue weighted by Gasteiger charge is 2.33. The number of benzene rings is 3. The van der Waals surface area contributed by atoms with Gasteiger partial charge in [-0.05, 0) is 58.8 Å². The molecule has 4 aromatic rings. The van der Waals surface area contributed by atoms with E-state index >= 15 is 0 Å². The zero-order valence-corrected chi connectivity index (χ0v) is 18.0. The molecule has 2 heterocycles. The molecule has 0 bridgehead atoms. The maximum atomic E-state index is 13.2. The first-order chi connectivity index (χ1) is 16.5. The number of carbonyl (C=O) groups excluding carboxylic acids is 2. The smallest absolute Gasteiger partial charge is 0.335 e. The van der Waals surface area contributed by atoms with Gasteiger partial charge < -0.3 is 14.4 Å². The van der Waals surface area contributed by atoms with Crippen molar-refractivity contribution in [3.8, 4) is 0 Å². The second-order valence-electron chi connectivity index (χ2n) is 7.93. The topological polar surface area (TPSA) is 91.1 Å². The highest BCUT2D eigenvalue weighted by atomic mass is 16.4. The molecule has 5 rings (SSSR count). The summed E-state index contributed by atoms with van der Waals surface area (Å²) < 4.78 is 5.37. The van der Waals surface area contributed by atoms with Crippen LogP contribution in [0.2, 0.25) is 0 Å². The van der Waals surface area contributed by atoms with Crippen molar-refractivity contribution >= 4 is 46.0 Å². The van der Waals surface area contributed by atoms with Crippen LogP contribution in [0, 0.1) is 0 Å². The van der Waals surface area contributed by atoms with Gasteiger partial charge in [0, 0.05) is 6.08 Å². The molecule has 2 amide bonds. The lowest BCUT2D eigenvalue weighted by Gasteiger charge is -2.35. The van der Waals surface area contributed by atoms with Crippen LogP contribution < -0.4 is 9.80 Å². The minimum Gasteiger partial charge on any atom is -0.478 e. The first kappa shape index (κ1) is 21.2. The van der Waals surface area contributed by atoms with Crippen molar-refractivity contribution < 1.29 is 23.9 Å². The molecule has 0 radical (unpaired) electrons. The van der Waals surface area contributed by atoms with Gasteiger partial charge in [0.05, 0.1) is 29.7 Å². The van der Waals surface area contributed by atoms with Gasteiger partial charge in [0.25, 0.3) is 5.91 Å². The van der Waals surface area contributed by atoms with E-state index in [4.69, 9.17) is 4.42 Å². The molecule has 0 atom stereocenters. The Morgan fingerprint density at radius 3 is 2.53 bits per heavy atom. The van der Waals surface area contributed by atoms with E-state index in [1.165, 1.54) is 34.3 Å². The average Bonchev–Trinajstić information content (AvgIpc) is 3.37. The fourth-order valence-corrected chi connectivity index (χ4v) is 4.04. The van der Waals surface area contributed by atoms with Crippen molar-refractivity contribution in [3.63, 3.8) is 0 Å². The lowest BCUT2D eigenvalue weighted by Crippen LogP contribution is -2.47. The van der Waals surface area contributed by atoms with Crippen molar-refractivity contribution in [3.05, 3.63) is 102 Å². The normalized spacial score (nSPS) is 13.5. The molecule has 168 valence electrons. The highest BCUT2D eigenvalue weighted by Crippen LogP contribution is 2.36. The Hall–Kier alpha value is -4.65. The van der Waals surface area contributed by atoms with Crippen LogP contribution >= 0.6 is 0 Å². The Bertz CT molecular complexity index is 1440. The summed E-state index contributed by atoms with van der Waals surface area (Å²) in [7, 11) is 0. The van der Waals surface area contributed by atoms with Crippen LogP contribution in [-0.2, 0) is 16.1 Å². The summed E-state index contributed by atoms with van der Waals surface area (Å²) in [4.78, 5) is 40.5. The fourth-order valence-electron chi connectivity index (χ4n) is 4.04. The van der Waals surface area contributed by atoms with Crippen LogP contribution in [-0.4, -0.2) is 29.4 Å². The number of nitrogens with zero attached hydrogens (tertiary/aromatic N) is 2. The van der Waals surface area contributed by atoms with Gasteiger partial charge >= 0.3 is 5.97 Å². The predicted octanol–water partition coefficient (Wildman–Crippen LogP) is 4.72. The molecule has 7 heteroatoms. The van der Waals surface area contributed by atoms with E-state index < -0.39 is 11.9 Å². The quantitative estimate of drug-likeness (QED) is 0.442. The van der Waals surface area contributed by atoms with Gasteiger partial charge in [-0.1, -0.05) is 36.4 Å². The monoisotopic (exact) mass is 452 g/mol. The molecule has 0 spiro atoms. The molecule has 0 unspecified atom stereocenters. The molecule has 1 N–H and O–H groups in total. The number of amides is 2. The third-order valence-corrected chi connectivity index (χ3v) is 5.75. The van der Waals surface area contributed by atoms with Crippen LogP contribution in [0.1, 0.15) is 21.7 Å². The second-order valence-corrected chi connectivity index (χ2v) is 7.93. The van der Waals surface area contributed by atoms with Crippen molar-refractivity contribution in [1.29, 1.82) is 0 Å². The van der Waals surface area contributed by atoms with E-state index in [1.807, 2.05) is 42.5 Å². The number of aromatic carboxylic acids is 1. The molecule has 0 aliphatic carbocycles. The molecular formula is C27H20N2O5. The molecule has 0 saturated carbocycles. The second kappa shape index (κ2) is 8.71. The predicted molar refractivity (Wildman–Crippen MR) is 129 cm³/mol. The SMILES string of the molecule is O=C(O)c1ccc2c(c1)N(C(=O)/C=C/c1ccc3ccccc3c1)CC(=O)N2Cc1ccco1. The minimum atomic E-state index is -1.11. The van der Waals surface area contributed by atoms with Gasteiger partial charge in [-0.15, -0.1) is 0 Å². The van der Waals surface area contributed by atoms with E-state index in [2.05, 4.69) is 0 Å². The molecule has 0 saturated heterocycles. The van der Waals surface area contributed by atoms with Crippen molar-refractivity contribution in [2.45, 2.75) is 6.54 Å². The molecule has 1 aliphatic rings. The molecule has 7 nitrogen and oxygen atoms in total. The number of hydrogen-bond donors (Lipinski definition) is 1. The molecule has 34 heavy (non-hydrogen) atoms. The van der Waals surface area contributed by atoms with Crippen LogP contribution in [0.4, 0.5) is 11.4 Å². The zero-order valence-electron chi connectivity index (χ0n) is 18.0. The van der Waals surface area contributed by atoms with Crippen LogP contribution in [0.15, 0.2) is 89.6 Å². The van der Waals surface area contributed by atoms with Crippen molar-refractivity contribution in [2.75, 3.05) is 16.3 Å². The Kier molecular flexibility index (Phi) is 5.43. The van der Waals surface area contributed by atoms with Gasteiger partial charge in [-0.2, -0.15) is 0 Å². The first-order valence-corrected chi connectivity index (χ1v) is 10.7. The van der Waals surface area contributed by atoms with Crippen molar-refractivity contribution in [1.82, 2.24) is 0 Å². The third kappa shape index (κ3) is 4.06. The van der Waals surface area contributed by atoms with Crippen LogP contribution in [0.5, 0.6) is 0 Å². The van der Waals surface area contributed by atoms with Crippen LogP contribution in [0.25, 0.3) is 16.8 Å². The number of carbonyl (C=O) groups is 3. The standard InChI is InChI=1S/C27H20N2O5/c30-25(12-8-18-7-9-19-4-1-2-5-20(19)14-18)29-17-26(31)28(16-22-6-3-13-34-22)23-11-10-21(27(32)33)15-24(23)29/h1-15H,16-17H2,(H,32,33)/b12-8+. The summed E-state index contributed by atoms with van der Waals surface area (Å²) in [6, 6.07) is 21.7. The number of hydrogen-bond acceptors (Lipinski definition) is 4. The largest absolute Gasteiger partial charge is 0.478 e. The summed E-state index contributed by atoms with van der Waals surface area (Å²) in [6.07, 6.45) is 4.61. The number of carboxylic acid groups (broad SMARTS) is 1. The number of carboxylic acids is 1. The van der Waals surface area contributed by atoms with Gasteiger partial charge in [0.2, 0.25) is 5.91 Å². The number of anilines is 2. The molecule has 0 fully saturated rings. The summed E-state index contributed by atoms with van der Waals surface area (Å²) in [5, 5.41) is 11.6. The summed E-state index contributed by atoms with van der Waals surface area (Å²) in [5.41, 5.74) is 1.68. The van der Waals surface area contributed by atoms with E-state index in [1.54, 1.807) is 24.3 Å². The fraction of sp³-hybridized carbons (Fsp3) is 0.0741. The maximum Gasteiger partial charge on any atom is 0.335 e. The minimum absolute atomic E-state index is 0.0300. The van der Waals surface area contributed by atoms with Gasteiger partial charge in [-0.25, -0.2) is 4.79 Å². The maximum absolute atomic E-state index is 13.2. The van der Waals surface area contributed by atoms with E-state index in [-0.39, 0.29) is 24.6 Å². The molecular weight excluding hydrogens is 432 g/mol. The van der Waals surface area contributed by atoms with Crippen LogP contribution in [0.3, 0.4) is 0 Å². The Morgan fingerprint density at radius 1 is 0.941 bits per heavy atom. The Balaban J connectivity index is 1.47. The van der Waals surface area contributed by atoms with E-state index in [0.29, 0.717) is 17.1 Å². The lowest BCUT2D eigenvalue weighted by atomic mass is 10.1. The Labute approximate surface area is 195 Å². The number of rotatable bonds is 5. The highest BCUT2D eigenvalue weighted by molar-refractivity contribution is 6.15. The number of fused-ring (bicyclic) bond motifs is 2. The molecule has 3 aromatic carbocycles. The Morgan fingerprint density at radius 2 is 1.76 bits per heavy atom. The first-order valence-electron chi connectivity index (χ1n) is 10.7. The zero-order chi connectivity index (χ0) is 23.7. The summed E-state index contributed by atoms with van der Waals surface area (Å²) >= 11 is 0. The third-order valence-electron chi connectivity index (χ3n) is 5.75. The van der Waals surface area contributed by atoms with E-state index in [9.17, 15) is 19.5 Å². The van der Waals surface area contributed by atoms with Gasteiger partial charge in [0.15, 0.2) is 0 Å². The van der Waals surface area contributed by atoms with E-state index in [0.717, 1.165) is 16.3 Å².